The topological polar surface area (TPSA) is 53.4 Å². The molecule has 1 fully saturated rings. The van der Waals surface area contributed by atoms with Crippen LogP contribution in [-0.2, 0) is 17.9 Å². The van der Waals surface area contributed by atoms with E-state index in [0.717, 1.165) is 32.5 Å². The van der Waals surface area contributed by atoms with Crippen LogP contribution in [0, 0.1) is 6.92 Å². The van der Waals surface area contributed by atoms with Crippen LogP contribution in [0.25, 0.3) is 0 Å². The molecule has 0 saturated carbocycles. The normalized spacial score (nSPS) is 22.6. The van der Waals surface area contributed by atoms with Gasteiger partial charge >= 0.3 is 0 Å². The molecule has 2 aromatic rings. The largest absolute Gasteiger partial charge is 0.384 e. The lowest BCUT2D eigenvalue weighted by atomic mass is 10.0. The summed E-state index contributed by atoms with van der Waals surface area (Å²) < 4.78 is 1.90. The van der Waals surface area contributed by atoms with Gasteiger partial charge in [0.2, 0.25) is 5.91 Å². The van der Waals surface area contributed by atoms with Gasteiger partial charge in [-0.3, -0.25) is 14.4 Å². The van der Waals surface area contributed by atoms with Gasteiger partial charge in [0.25, 0.3) is 0 Å². The van der Waals surface area contributed by atoms with Gasteiger partial charge in [-0.2, -0.15) is 5.10 Å². The summed E-state index contributed by atoms with van der Waals surface area (Å²) in [5, 5.41) is 7.92. The smallest absolute Gasteiger partial charge is 0.222 e. The van der Waals surface area contributed by atoms with Crippen molar-refractivity contribution >= 4 is 11.6 Å². The van der Waals surface area contributed by atoms with Gasteiger partial charge in [0.05, 0.1) is 0 Å². The molecule has 1 aromatic carbocycles. The van der Waals surface area contributed by atoms with E-state index in [2.05, 4.69) is 52.4 Å². The Labute approximate surface area is 173 Å². The molecule has 2 unspecified atom stereocenters. The fraction of sp³-hybridized carbons (Fsp3) is 0.565. The minimum Gasteiger partial charge on any atom is -0.384 e. The minimum absolute atomic E-state index is 0.251. The Bertz CT molecular complexity index is 819. The molecule has 4 rings (SSSR count). The number of hydrogen-bond donors (Lipinski definition) is 1. The molecule has 1 N–H and O–H groups in total. The van der Waals surface area contributed by atoms with Crippen molar-refractivity contribution in [2.24, 2.45) is 0 Å². The van der Waals surface area contributed by atoms with E-state index in [1.54, 1.807) is 6.20 Å². The van der Waals surface area contributed by atoms with E-state index in [1.165, 1.54) is 29.7 Å². The third-order valence-electron chi connectivity index (χ3n) is 6.61. The van der Waals surface area contributed by atoms with E-state index >= 15 is 0 Å². The summed E-state index contributed by atoms with van der Waals surface area (Å²) in [5.41, 5.74) is 3.69. The van der Waals surface area contributed by atoms with Gasteiger partial charge in [0.15, 0.2) is 0 Å². The zero-order chi connectivity index (χ0) is 20.2. The maximum Gasteiger partial charge on any atom is 0.222 e. The number of nitrogens with zero attached hydrogens (tertiary/aromatic N) is 4. The zero-order valence-corrected chi connectivity index (χ0v) is 17.7. The number of aryl methyl sites for hydroxylation is 2. The first-order valence-electron chi connectivity index (χ1n) is 10.9. The summed E-state index contributed by atoms with van der Waals surface area (Å²) in [6.07, 6.45) is 8.68. The summed E-state index contributed by atoms with van der Waals surface area (Å²) in [6.45, 7) is 5.42. The van der Waals surface area contributed by atoms with Crippen molar-refractivity contribution in [3.8, 4) is 0 Å². The van der Waals surface area contributed by atoms with E-state index in [1.807, 2.05) is 16.9 Å². The van der Waals surface area contributed by atoms with Crippen molar-refractivity contribution in [3.05, 3.63) is 47.8 Å². The van der Waals surface area contributed by atoms with Gasteiger partial charge in [-0.15, -0.1) is 0 Å². The number of benzene rings is 1. The number of likely N-dealkylation sites (N-methyl/N-ethyl adjacent to an activating group) is 1. The summed E-state index contributed by atoms with van der Waals surface area (Å²) in [7, 11) is 2.24. The summed E-state index contributed by atoms with van der Waals surface area (Å²) >= 11 is 0. The lowest BCUT2D eigenvalue weighted by Crippen LogP contribution is -2.43. The highest BCUT2D eigenvalue weighted by atomic mass is 16.2. The van der Waals surface area contributed by atoms with Crippen LogP contribution in [0.1, 0.15) is 43.2 Å². The lowest BCUT2D eigenvalue weighted by Gasteiger charge is -2.31. The summed E-state index contributed by atoms with van der Waals surface area (Å²) in [5.74, 6) is 0.251. The maximum atomic E-state index is 13.2. The molecule has 2 aliphatic rings. The average Bonchev–Trinajstić information content (AvgIpc) is 3.33. The molecule has 2 bridgehead atoms. The number of hydrogen-bond acceptors (Lipinski definition) is 4. The van der Waals surface area contributed by atoms with Crippen LogP contribution in [-0.4, -0.2) is 57.7 Å². The van der Waals surface area contributed by atoms with Gasteiger partial charge < -0.3 is 10.2 Å². The van der Waals surface area contributed by atoms with E-state index < -0.39 is 0 Å². The molecule has 0 spiro atoms. The van der Waals surface area contributed by atoms with Gasteiger partial charge in [0, 0.05) is 62.8 Å². The highest BCUT2D eigenvalue weighted by Gasteiger charge is 2.33. The van der Waals surface area contributed by atoms with Crippen molar-refractivity contribution in [2.45, 2.75) is 64.2 Å². The Morgan fingerprint density at radius 3 is 2.90 bits per heavy atom. The molecule has 6 heteroatoms. The number of carbonyl (C=O) groups excluding carboxylic acids is 1. The van der Waals surface area contributed by atoms with Crippen molar-refractivity contribution in [1.29, 1.82) is 0 Å². The molecule has 6 nitrogen and oxygen atoms in total. The molecule has 29 heavy (non-hydrogen) atoms. The minimum atomic E-state index is 0.251. The Balaban J connectivity index is 1.51. The van der Waals surface area contributed by atoms with E-state index in [9.17, 15) is 4.79 Å². The second-order valence-corrected chi connectivity index (χ2v) is 8.52. The van der Waals surface area contributed by atoms with Gasteiger partial charge in [-0.1, -0.05) is 18.2 Å². The van der Waals surface area contributed by atoms with Crippen molar-refractivity contribution in [1.82, 2.24) is 19.6 Å². The van der Waals surface area contributed by atoms with Crippen molar-refractivity contribution in [3.63, 3.8) is 0 Å². The molecular formula is C23H33N5O. The van der Waals surface area contributed by atoms with E-state index in [0.29, 0.717) is 25.0 Å². The van der Waals surface area contributed by atoms with Crippen molar-refractivity contribution < 1.29 is 4.79 Å². The molecular weight excluding hydrogens is 362 g/mol. The highest BCUT2D eigenvalue weighted by Crippen LogP contribution is 2.29. The van der Waals surface area contributed by atoms with Crippen molar-refractivity contribution in [2.75, 3.05) is 25.5 Å². The monoisotopic (exact) mass is 395 g/mol. The van der Waals surface area contributed by atoms with E-state index in [4.69, 9.17) is 0 Å². The average molecular weight is 396 g/mol. The first-order valence-corrected chi connectivity index (χ1v) is 10.9. The predicted molar refractivity (Wildman–Crippen MR) is 116 cm³/mol. The number of amides is 1. The number of carbonyl (C=O) groups is 1. The standard InChI is InChI=1S/C23H33N5O/c1-18-6-3-7-19-16-27(22(29)8-4-14-28-15-5-12-25-28)17-21-10-9-20(26(21)2)11-13-24-23(18)19/h3,5-7,12,15,20-21,24H,4,8-11,13-14,16-17H2,1-2H3. The Kier molecular flexibility index (Phi) is 6.19. The molecule has 1 amide bonds. The van der Waals surface area contributed by atoms with E-state index in [-0.39, 0.29) is 5.91 Å². The molecule has 0 radical (unpaired) electrons. The first kappa shape index (κ1) is 20.0. The van der Waals surface area contributed by atoms with Gasteiger partial charge in [0.1, 0.15) is 0 Å². The van der Waals surface area contributed by atoms with Crippen LogP contribution < -0.4 is 5.32 Å². The Morgan fingerprint density at radius 1 is 1.21 bits per heavy atom. The molecule has 0 aliphatic carbocycles. The molecule has 1 aromatic heterocycles. The molecule has 2 atom stereocenters. The number of anilines is 1. The van der Waals surface area contributed by atoms with Crippen LogP contribution in [0.5, 0.6) is 0 Å². The second kappa shape index (κ2) is 8.99. The van der Waals surface area contributed by atoms with Crippen LogP contribution in [0.3, 0.4) is 0 Å². The number of rotatable bonds is 4. The molecule has 1 saturated heterocycles. The highest BCUT2D eigenvalue weighted by molar-refractivity contribution is 5.76. The Hall–Kier alpha value is -2.34. The number of nitrogens with one attached hydrogen (secondary N) is 1. The fourth-order valence-electron chi connectivity index (χ4n) is 4.83. The van der Waals surface area contributed by atoms with Crippen LogP contribution in [0.4, 0.5) is 5.69 Å². The Morgan fingerprint density at radius 2 is 2.07 bits per heavy atom. The quantitative estimate of drug-likeness (QED) is 0.863. The number of para-hydroxylation sites is 1. The number of aromatic nitrogens is 2. The second-order valence-electron chi connectivity index (χ2n) is 8.52. The molecule has 2 aliphatic heterocycles. The van der Waals surface area contributed by atoms with Gasteiger partial charge in [-0.25, -0.2) is 0 Å². The first-order chi connectivity index (χ1) is 14.1. The molecule has 156 valence electrons. The van der Waals surface area contributed by atoms with Crippen LogP contribution in [0.2, 0.25) is 0 Å². The maximum absolute atomic E-state index is 13.2. The van der Waals surface area contributed by atoms with Gasteiger partial charge in [-0.05, 0) is 56.8 Å². The van der Waals surface area contributed by atoms with Crippen LogP contribution >= 0.6 is 0 Å². The molecule has 3 heterocycles. The summed E-state index contributed by atoms with van der Waals surface area (Å²) in [6, 6.07) is 9.41. The third-order valence-corrected chi connectivity index (χ3v) is 6.61. The SMILES string of the molecule is Cc1cccc2c1NCCC1CCC(CN(C(=O)CCCn3cccn3)C2)N1C. The van der Waals surface area contributed by atoms with Crippen LogP contribution in [0.15, 0.2) is 36.7 Å². The third kappa shape index (κ3) is 4.64. The fourth-order valence-corrected chi connectivity index (χ4v) is 4.83. The zero-order valence-electron chi connectivity index (χ0n) is 17.7. The summed E-state index contributed by atoms with van der Waals surface area (Å²) in [4.78, 5) is 17.8. The number of fused-ring (bicyclic) bond motifs is 3. The predicted octanol–water partition coefficient (Wildman–Crippen LogP) is 3.28. The lowest BCUT2D eigenvalue weighted by molar-refractivity contribution is -0.132.